The van der Waals surface area contributed by atoms with Crippen LogP contribution in [0.15, 0.2) is 28.2 Å². The largest absolute Gasteiger partial charge is 0.325 e. The number of benzene rings is 1. The molecule has 25 heavy (non-hydrogen) atoms. The number of carbonyl (C=O) groups excluding carboxylic acids is 1. The number of hydrogen-bond acceptors (Lipinski definition) is 5. The van der Waals surface area contributed by atoms with Gasteiger partial charge in [0.05, 0.1) is 10.9 Å². The summed E-state index contributed by atoms with van der Waals surface area (Å²) in [5, 5.41) is 12.3. The van der Waals surface area contributed by atoms with Crippen LogP contribution in [0.2, 0.25) is 10.0 Å². The molecule has 2 rings (SSSR count). The van der Waals surface area contributed by atoms with Crippen molar-refractivity contribution in [3.8, 4) is 6.07 Å². The molecule has 9 heteroatoms. The molecule has 0 radical (unpaired) electrons. The monoisotopic (exact) mass is 396 g/mol. The minimum absolute atomic E-state index is 0.00229. The summed E-state index contributed by atoms with van der Waals surface area (Å²) in [6.45, 7) is 3.48. The number of hydrogen-bond donors (Lipinski definition) is 2. The van der Waals surface area contributed by atoms with Crippen LogP contribution in [0.25, 0.3) is 0 Å². The molecule has 2 N–H and O–H groups in total. The van der Waals surface area contributed by atoms with Gasteiger partial charge in [-0.25, -0.2) is 4.98 Å². The zero-order chi connectivity index (χ0) is 18.6. The maximum absolute atomic E-state index is 12.3. The van der Waals surface area contributed by atoms with Crippen molar-refractivity contribution in [2.45, 2.75) is 30.7 Å². The summed E-state index contributed by atoms with van der Waals surface area (Å²) in [6, 6.07) is 6.57. The Morgan fingerprint density at radius 2 is 2.04 bits per heavy atom. The van der Waals surface area contributed by atoms with Gasteiger partial charge in [0.2, 0.25) is 5.91 Å². The molecule has 1 aromatic carbocycles. The SMILES string of the molecule is CCc1nc(SC(C)C(=O)Nc2cc(Cl)cc(Cl)c2)[nH]c(=O)c1C#N. The number of halogens is 2. The topological polar surface area (TPSA) is 98.6 Å². The van der Waals surface area contributed by atoms with Crippen molar-refractivity contribution in [2.24, 2.45) is 0 Å². The number of nitrogens with one attached hydrogen (secondary N) is 2. The number of aryl methyl sites for hydroxylation is 1. The second kappa shape index (κ2) is 8.39. The minimum atomic E-state index is -0.543. The Balaban J connectivity index is 2.15. The molecule has 1 aromatic heterocycles. The second-order valence-electron chi connectivity index (χ2n) is 5.07. The lowest BCUT2D eigenvalue weighted by atomic mass is 10.2. The Kier molecular flexibility index (Phi) is 6.48. The van der Waals surface area contributed by atoms with Gasteiger partial charge in [-0.3, -0.25) is 9.59 Å². The molecular formula is C16H14Cl2N4O2S. The third-order valence-corrected chi connectivity index (χ3v) is 4.63. The second-order valence-corrected chi connectivity index (χ2v) is 7.27. The highest BCUT2D eigenvalue weighted by Gasteiger charge is 2.18. The summed E-state index contributed by atoms with van der Waals surface area (Å²) >= 11 is 12.9. The van der Waals surface area contributed by atoms with Gasteiger partial charge in [0.1, 0.15) is 11.6 Å². The number of nitriles is 1. The molecule has 1 atom stereocenters. The van der Waals surface area contributed by atoms with Gasteiger partial charge >= 0.3 is 0 Å². The number of rotatable bonds is 5. The molecule has 0 saturated carbocycles. The Labute approximate surface area is 158 Å². The number of nitrogens with zero attached hydrogens (tertiary/aromatic N) is 2. The molecule has 0 spiro atoms. The first-order chi connectivity index (χ1) is 11.8. The minimum Gasteiger partial charge on any atom is -0.325 e. The highest BCUT2D eigenvalue weighted by molar-refractivity contribution is 8.00. The van der Waals surface area contributed by atoms with E-state index in [4.69, 9.17) is 28.5 Å². The van der Waals surface area contributed by atoms with E-state index in [-0.39, 0.29) is 16.6 Å². The summed E-state index contributed by atoms with van der Waals surface area (Å²) in [4.78, 5) is 31.0. The number of anilines is 1. The van der Waals surface area contributed by atoms with Crippen molar-refractivity contribution in [3.05, 3.63) is 49.9 Å². The standard InChI is InChI=1S/C16H14Cl2N4O2S/c1-3-13-12(7-19)15(24)22-16(21-13)25-8(2)14(23)20-11-5-9(17)4-10(18)6-11/h4-6,8H,3H2,1-2H3,(H,20,23)(H,21,22,24). The highest BCUT2D eigenvalue weighted by atomic mass is 35.5. The Hall–Kier alpha value is -2.01. The molecule has 0 aliphatic rings. The van der Waals surface area contributed by atoms with E-state index in [2.05, 4.69) is 15.3 Å². The quantitative estimate of drug-likeness (QED) is 0.593. The molecule has 1 heterocycles. The maximum Gasteiger partial charge on any atom is 0.269 e. The van der Waals surface area contributed by atoms with Gasteiger partial charge in [0.15, 0.2) is 5.16 Å². The normalized spacial score (nSPS) is 11.6. The predicted octanol–water partition coefficient (Wildman–Crippen LogP) is 3.63. The number of amides is 1. The van der Waals surface area contributed by atoms with E-state index in [1.54, 1.807) is 32.0 Å². The van der Waals surface area contributed by atoms with E-state index in [0.29, 0.717) is 27.8 Å². The van der Waals surface area contributed by atoms with Crippen LogP contribution in [-0.2, 0) is 11.2 Å². The number of carbonyl (C=O) groups is 1. The first-order valence-corrected chi connectivity index (χ1v) is 8.94. The Bertz CT molecular complexity index is 888. The van der Waals surface area contributed by atoms with Crippen molar-refractivity contribution >= 4 is 46.6 Å². The predicted molar refractivity (Wildman–Crippen MR) is 99.4 cm³/mol. The van der Waals surface area contributed by atoms with E-state index in [1.807, 2.05) is 6.07 Å². The van der Waals surface area contributed by atoms with Crippen molar-refractivity contribution in [1.82, 2.24) is 9.97 Å². The summed E-state index contributed by atoms with van der Waals surface area (Å²) in [5.41, 5.74) is 0.372. The Morgan fingerprint density at radius 3 is 2.60 bits per heavy atom. The van der Waals surface area contributed by atoms with Gasteiger partial charge in [-0.1, -0.05) is 41.9 Å². The molecule has 1 unspecified atom stereocenters. The number of aromatic nitrogens is 2. The third-order valence-electron chi connectivity index (χ3n) is 3.21. The van der Waals surface area contributed by atoms with Crippen molar-refractivity contribution < 1.29 is 4.79 Å². The van der Waals surface area contributed by atoms with Gasteiger partial charge in [0, 0.05) is 15.7 Å². The summed E-state index contributed by atoms with van der Waals surface area (Å²) in [5.74, 6) is -0.298. The number of H-pyrrole nitrogens is 1. The van der Waals surface area contributed by atoms with Gasteiger partial charge in [0.25, 0.3) is 5.56 Å². The molecule has 1 amide bonds. The molecule has 0 bridgehead atoms. The first kappa shape index (κ1) is 19.3. The zero-order valence-electron chi connectivity index (χ0n) is 13.4. The summed E-state index contributed by atoms with van der Waals surface area (Å²) in [6.07, 6.45) is 0.446. The summed E-state index contributed by atoms with van der Waals surface area (Å²) in [7, 11) is 0. The third kappa shape index (κ3) is 4.98. The fourth-order valence-corrected chi connectivity index (χ4v) is 3.36. The first-order valence-electron chi connectivity index (χ1n) is 7.31. The van der Waals surface area contributed by atoms with Crippen LogP contribution in [0.3, 0.4) is 0 Å². The molecule has 130 valence electrons. The lowest BCUT2D eigenvalue weighted by molar-refractivity contribution is -0.115. The van der Waals surface area contributed by atoms with Crippen molar-refractivity contribution in [2.75, 3.05) is 5.32 Å². The number of aromatic amines is 1. The average Bonchev–Trinajstić information content (AvgIpc) is 2.53. The fourth-order valence-electron chi connectivity index (χ4n) is 2.01. The molecule has 0 fully saturated rings. The van der Waals surface area contributed by atoms with Crippen molar-refractivity contribution in [3.63, 3.8) is 0 Å². The van der Waals surface area contributed by atoms with Crippen LogP contribution in [0.1, 0.15) is 25.1 Å². The van der Waals surface area contributed by atoms with E-state index in [0.717, 1.165) is 11.8 Å². The fraction of sp³-hybridized carbons (Fsp3) is 0.250. The van der Waals surface area contributed by atoms with Crippen LogP contribution in [0, 0.1) is 11.3 Å². The smallest absolute Gasteiger partial charge is 0.269 e. The van der Waals surface area contributed by atoms with Crippen molar-refractivity contribution in [1.29, 1.82) is 5.26 Å². The molecule has 0 saturated heterocycles. The van der Waals surface area contributed by atoms with Crippen LogP contribution in [0.5, 0.6) is 0 Å². The molecule has 0 aliphatic heterocycles. The van der Waals surface area contributed by atoms with Crippen LogP contribution < -0.4 is 10.9 Å². The van der Waals surface area contributed by atoms with Gasteiger partial charge in [-0.15, -0.1) is 0 Å². The zero-order valence-corrected chi connectivity index (χ0v) is 15.7. The van der Waals surface area contributed by atoms with Crippen LogP contribution in [-0.4, -0.2) is 21.1 Å². The van der Waals surface area contributed by atoms with E-state index >= 15 is 0 Å². The molecule has 6 nitrogen and oxygen atoms in total. The van der Waals surface area contributed by atoms with Crippen LogP contribution in [0.4, 0.5) is 5.69 Å². The lowest BCUT2D eigenvalue weighted by Gasteiger charge is -2.12. The maximum atomic E-state index is 12.3. The van der Waals surface area contributed by atoms with Gasteiger partial charge < -0.3 is 10.3 Å². The summed E-state index contributed by atoms with van der Waals surface area (Å²) < 4.78 is 0. The molecular weight excluding hydrogens is 383 g/mol. The van der Waals surface area contributed by atoms with E-state index in [9.17, 15) is 9.59 Å². The highest BCUT2D eigenvalue weighted by Crippen LogP contribution is 2.24. The number of thioether (sulfide) groups is 1. The molecule has 2 aromatic rings. The average molecular weight is 397 g/mol. The lowest BCUT2D eigenvalue weighted by Crippen LogP contribution is -2.24. The Morgan fingerprint density at radius 1 is 1.40 bits per heavy atom. The van der Waals surface area contributed by atoms with E-state index in [1.165, 1.54) is 0 Å². The van der Waals surface area contributed by atoms with E-state index < -0.39 is 10.8 Å². The van der Waals surface area contributed by atoms with Gasteiger partial charge in [-0.05, 0) is 31.5 Å². The van der Waals surface area contributed by atoms with Crippen LogP contribution >= 0.6 is 35.0 Å². The van der Waals surface area contributed by atoms with Gasteiger partial charge in [-0.2, -0.15) is 5.26 Å². The molecule has 0 aliphatic carbocycles.